The Hall–Kier alpha value is -2.77. The molecule has 3 radical (unpaired) electrons. The Bertz CT molecular complexity index is 1880. The van der Waals surface area contributed by atoms with Crippen molar-refractivity contribution in [2.45, 2.75) is 5.51 Å². The molecule has 12 heteroatoms. The molecule has 0 atom stereocenters. The van der Waals surface area contributed by atoms with E-state index in [1.165, 1.54) is 33.8 Å². The molecule has 0 aliphatic rings. The molecular formula is C41H37AgF3FeO3PSSe2-5. The van der Waals surface area contributed by atoms with Crippen LogP contribution >= 0.6 is 7.92 Å². The predicted molar refractivity (Wildman–Crippen MR) is 214 cm³/mol. The summed E-state index contributed by atoms with van der Waals surface area (Å²) in [4.78, 5) is 0. The fourth-order valence-corrected chi connectivity index (χ4v) is 11.0. The van der Waals surface area contributed by atoms with E-state index < -0.39 is 23.5 Å². The van der Waals surface area contributed by atoms with E-state index in [-0.39, 0.29) is 69.4 Å². The van der Waals surface area contributed by atoms with Crippen molar-refractivity contribution in [2.24, 2.45) is 0 Å². The Labute approximate surface area is 350 Å². The monoisotopic (exact) mass is 1020 g/mol. The summed E-state index contributed by atoms with van der Waals surface area (Å²) in [5.74, 6) is 0. The SMILES string of the molecule is O=S(=O)(O)C(F)(F)F.[Ag].[Fe].c1ccc([PH+](c2ccccc2)c2ccccc2)cc1.c1ccc([SeH][c-]2[cH-][cH-][cH-][cH-]2)cc1.c1ccc([SeH][c-]2cccc2)cc1. The molecule has 7 aromatic carbocycles. The molecule has 7 rings (SSSR count). The second-order valence-electron chi connectivity index (χ2n) is 10.6. The average molecular weight is 1020 g/mol. The van der Waals surface area contributed by atoms with Crippen molar-refractivity contribution in [3.63, 3.8) is 0 Å². The standard InChI is InChI=1S/C18H15P.2C11H10Se.CHF3O3S.Ag.Fe/c1-4-10-16(11-5-1)19(17-12-6-2-7-13-17)18-14-8-3-9-15-18;2*1-2-6-10(7-3-1)12-11-8-4-5-9-11;2-1(3,4)8(5,6)7;;/h1-15H;2*1-9,12H;(H,5,6,7);;/q;-5;-1;;;/p+1. The van der Waals surface area contributed by atoms with Crippen LogP contribution in [0.2, 0.25) is 0 Å². The molecule has 0 spiro atoms. The summed E-state index contributed by atoms with van der Waals surface area (Å²) in [5, 5.41) is 4.31. The van der Waals surface area contributed by atoms with Crippen molar-refractivity contribution in [1.82, 2.24) is 0 Å². The zero-order valence-electron chi connectivity index (χ0n) is 27.9. The summed E-state index contributed by atoms with van der Waals surface area (Å²) in [6.45, 7) is 0. The van der Waals surface area contributed by atoms with Crippen LogP contribution in [0.4, 0.5) is 13.2 Å². The van der Waals surface area contributed by atoms with Gasteiger partial charge in [-0.25, -0.2) is 0 Å². The van der Waals surface area contributed by atoms with Crippen LogP contribution in [-0.4, -0.2) is 48.4 Å². The van der Waals surface area contributed by atoms with E-state index in [0.717, 1.165) is 0 Å². The molecule has 0 aliphatic heterocycles. The van der Waals surface area contributed by atoms with Gasteiger partial charge in [-0.15, -0.1) is 0 Å². The minimum atomic E-state index is -5.84. The molecule has 0 saturated carbocycles. The van der Waals surface area contributed by atoms with E-state index in [4.69, 9.17) is 13.0 Å². The Balaban J connectivity index is 0.000000253. The van der Waals surface area contributed by atoms with Crippen molar-refractivity contribution >= 4 is 81.7 Å². The molecule has 7 aromatic rings. The Morgan fingerprint density at radius 2 is 0.849 bits per heavy atom. The summed E-state index contributed by atoms with van der Waals surface area (Å²) in [5.41, 5.74) is -5.53. The van der Waals surface area contributed by atoms with Gasteiger partial charge in [0.1, 0.15) is 15.9 Å². The predicted octanol–water partition coefficient (Wildman–Crippen LogP) is 5.15. The third-order valence-corrected chi connectivity index (χ3v) is 14.8. The van der Waals surface area contributed by atoms with E-state index >= 15 is 0 Å². The average Bonchev–Trinajstić information content (AvgIpc) is 3.86. The van der Waals surface area contributed by atoms with Gasteiger partial charge in [-0.05, 0) is 36.4 Å². The molecule has 3 nitrogen and oxygen atoms in total. The molecule has 0 bridgehead atoms. The van der Waals surface area contributed by atoms with Gasteiger partial charge < -0.3 is 0 Å². The third-order valence-electron chi connectivity index (χ3n) is 6.80. The molecule has 0 aromatic heterocycles. The van der Waals surface area contributed by atoms with Gasteiger partial charge >= 0.3 is 173 Å². The van der Waals surface area contributed by atoms with Gasteiger partial charge in [0.05, 0.1) is 7.92 Å². The van der Waals surface area contributed by atoms with Gasteiger partial charge in [0.15, 0.2) is 0 Å². The normalized spacial score (nSPS) is 10.4. The first-order valence-corrected chi connectivity index (χ1v) is 22.3. The molecule has 1 N–H and O–H groups in total. The fourth-order valence-electron chi connectivity index (χ4n) is 4.49. The maximum absolute atomic E-state index is 10.7. The summed E-state index contributed by atoms with van der Waals surface area (Å²) in [6, 6.07) is 71.1. The van der Waals surface area contributed by atoms with Crippen LogP contribution in [0.3, 0.4) is 0 Å². The molecule has 53 heavy (non-hydrogen) atoms. The number of benzene rings is 5. The fraction of sp³-hybridized carbons (Fsp3) is 0.0244. The summed E-state index contributed by atoms with van der Waals surface area (Å²) < 4.78 is 63.5. The maximum atomic E-state index is 10.7. The first kappa shape index (κ1) is 46.4. The molecule has 287 valence electrons. The van der Waals surface area contributed by atoms with Crippen molar-refractivity contribution in [3.05, 3.63) is 200 Å². The van der Waals surface area contributed by atoms with E-state index in [9.17, 15) is 13.2 Å². The summed E-state index contributed by atoms with van der Waals surface area (Å²) in [6.07, 6.45) is 0. The topological polar surface area (TPSA) is 54.4 Å². The molecular weight excluding hydrogens is 982 g/mol. The quantitative estimate of drug-likeness (QED) is 0.0792. The summed E-state index contributed by atoms with van der Waals surface area (Å²) in [7, 11) is -6.72. The molecule has 0 aliphatic carbocycles. The van der Waals surface area contributed by atoms with Gasteiger partial charge in [-0.1, -0.05) is 54.6 Å². The van der Waals surface area contributed by atoms with E-state index in [1.54, 1.807) is 0 Å². The number of halogens is 3. The Kier molecular flexibility index (Phi) is 21.5. The molecule has 0 fully saturated rings. The van der Waals surface area contributed by atoms with Crippen LogP contribution in [-0.2, 0) is 49.6 Å². The van der Waals surface area contributed by atoms with Gasteiger partial charge in [-0.2, -0.15) is 21.6 Å². The van der Waals surface area contributed by atoms with Crippen molar-refractivity contribution in [3.8, 4) is 0 Å². The number of hydrogen-bond acceptors (Lipinski definition) is 2. The van der Waals surface area contributed by atoms with Crippen LogP contribution in [0.5, 0.6) is 0 Å². The third kappa shape index (κ3) is 17.1. The molecule has 0 saturated heterocycles. The van der Waals surface area contributed by atoms with E-state index in [1.807, 2.05) is 0 Å². The first-order valence-electron chi connectivity index (χ1n) is 15.6. The Morgan fingerprint density at radius 3 is 1.17 bits per heavy atom. The van der Waals surface area contributed by atoms with Gasteiger partial charge in [0, 0.05) is 39.4 Å². The second-order valence-corrected chi connectivity index (χ2v) is 19.7. The number of hydrogen-bond donors (Lipinski definition) is 1. The van der Waals surface area contributed by atoms with E-state index in [0.29, 0.717) is 0 Å². The number of rotatable bonds is 7. The van der Waals surface area contributed by atoms with Gasteiger partial charge in [0.25, 0.3) is 0 Å². The zero-order valence-corrected chi connectivity index (χ0v) is 36.1. The summed E-state index contributed by atoms with van der Waals surface area (Å²) >= 11 is 0.423. The van der Waals surface area contributed by atoms with Crippen LogP contribution in [0.15, 0.2) is 200 Å². The van der Waals surface area contributed by atoms with E-state index in [2.05, 4.69) is 200 Å². The van der Waals surface area contributed by atoms with Crippen LogP contribution in [0.1, 0.15) is 0 Å². The Morgan fingerprint density at radius 1 is 0.547 bits per heavy atom. The van der Waals surface area contributed by atoms with Crippen molar-refractivity contribution in [2.75, 3.05) is 0 Å². The molecule has 0 heterocycles. The van der Waals surface area contributed by atoms with Gasteiger partial charge in [-0.3, -0.25) is 4.55 Å². The number of alkyl halides is 3. The van der Waals surface area contributed by atoms with Gasteiger partial charge in [0.2, 0.25) is 0 Å². The second kappa shape index (κ2) is 24.6. The first-order chi connectivity index (χ1) is 24.6. The van der Waals surface area contributed by atoms with Crippen LogP contribution < -0.4 is 33.8 Å². The molecule has 0 amide bonds. The van der Waals surface area contributed by atoms with Crippen molar-refractivity contribution < 1.29 is 65.6 Å². The van der Waals surface area contributed by atoms with Crippen LogP contribution in [0.25, 0.3) is 0 Å². The minimum absolute atomic E-state index is 0. The van der Waals surface area contributed by atoms with Crippen LogP contribution in [0, 0.1) is 0 Å². The van der Waals surface area contributed by atoms with Crippen molar-refractivity contribution in [1.29, 1.82) is 0 Å². The molecule has 0 unspecified atom stereocenters. The zero-order chi connectivity index (χ0) is 36.4.